The van der Waals surface area contributed by atoms with Gasteiger partial charge in [-0.3, -0.25) is 0 Å². The number of aliphatic carboxylic acids is 1. The Morgan fingerprint density at radius 3 is 2.79 bits per heavy atom. The molecule has 0 aromatic heterocycles. The molecule has 0 fully saturated rings. The van der Waals surface area contributed by atoms with Crippen molar-refractivity contribution in [1.82, 2.24) is 4.90 Å². The second kappa shape index (κ2) is 3.38. The van der Waals surface area contributed by atoms with Crippen LogP contribution < -0.4 is 0 Å². The average molecular weight is 187 g/mol. The topological polar surface area (TPSA) is 40.5 Å². The number of allylic oxidation sites excluding steroid dienone is 7. The van der Waals surface area contributed by atoms with Crippen LogP contribution in [-0.2, 0) is 4.79 Å². The molecule has 0 saturated heterocycles. The molecule has 3 nitrogen and oxygen atoms in total. The Hall–Kier alpha value is -2.03. The second-order valence-electron chi connectivity index (χ2n) is 2.90. The predicted octanol–water partition coefficient (Wildman–Crippen LogP) is 1.79. The molecule has 0 amide bonds. The minimum Gasteiger partial charge on any atom is -0.477 e. The number of carboxylic acids is 1. The molecule has 2 aliphatic heterocycles. The molecule has 70 valence electrons. The zero-order chi connectivity index (χ0) is 9.97. The van der Waals surface area contributed by atoms with E-state index < -0.39 is 5.97 Å². The molecule has 0 aromatic carbocycles. The first-order chi connectivity index (χ1) is 6.79. The van der Waals surface area contributed by atoms with E-state index in [-0.39, 0.29) is 5.70 Å². The fourth-order valence-electron chi connectivity index (χ4n) is 1.37. The Labute approximate surface area is 81.6 Å². The fourth-order valence-corrected chi connectivity index (χ4v) is 1.37. The summed E-state index contributed by atoms with van der Waals surface area (Å²) in [5.41, 5.74) is 1.12. The quantitative estimate of drug-likeness (QED) is 0.680. The Morgan fingerprint density at radius 1 is 1.14 bits per heavy atom. The van der Waals surface area contributed by atoms with Crippen molar-refractivity contribution in [2.75, 3.05) is 0 Å². The summed E-state index contributed by atoms with van der Waals surface area (Å²) in [4.78, 5) is 12.5. The van der Waals surface area contributed by atoms with Crippen LogP contribution >= 0.6 is 0 Å². The molecule has 14 heavy (non-hydrogen) atoms. The third kappa shape index (κ3) is 1.40. The molecule has 0 aliphatic carbocycles. The third-order valence-electron chi connectivity index (χ3n) is 2.00. The van der Waals surface area contributed by atoms with Gasteiger partial charge in [0.15, 0.2) is 0 Å². The van der Waals surface area contributed by atoms with E-state index in [9.17, 15) is 4.79 Å². The summed E-state index contributed by atoms with van der Waals surface area (Å²) in [5.74, 6) is -0.924. The van der Waals surface area contributed by atoms with E-state index >= 15 is 0 Å². The molecule has 2 aliphatic rings. The predicted molar refractivity (Wildman–Crippen MR) is 53.1 cm³/mol. The number of fused-ring (bicyclic) bond motifs is 1. The van der Waals surface area contributed by atoms with E-state index in [1.807, 2.05) is 24.3 Å². The van der Waals surface area contributed by atoms with Gasteiger partial charge in [-0.05, 0) is 24.3 Å². The molecule has 2 heterocycles. The van der Waals surface area contributed by atoms with Gasteiger partial charge in [0.2, 0.25) is 0 Å². The smallest absolute Gasteiger partial charge is 0.352 e. The monoisotopic (exact) mass is 187 g/mol. The lowest BCUT2D eigenvalue weighted by Crippen LogP contribution is -2.22. The van der Waals surface area contributed by atoms with Crippen molar-refractivity contribution in [1.29, 1.82) is 0 Å². The van der Waals surface area contributed by atoms with Crippen LogP contribution in [0.3, 0.4) is 0 Å². The summed E-state index contributed by atoms with van der Waals surface area (Å²) in [5, 5.41) is 8.94. The van der Waals surface area contributed by atoms with Crippen LogP contribution in [0.15, 0.2) is 60.1 Å². The van der Waals surface area contributed by atoms with Gasteiger partial charge in [0, 0.05) is 11.9 Å². The summed E-state index contributed by atoms with van der Waals surface area (Å²) in [7, 11) is 0. The largest absolute Gasteiger partial charge is 0.477 e. The molecule has 0 unspecified atom stereocenters. The van der Waals surface area contributed by atoms with Crippen molar-refractivity contribution in [2.24, 2.45) is 0 Å². The van der Waals surface area contributed by atoms with E-state index in [0.717, 1.165) is 5.70 Å². The summed E-state index contributed by atoms with van der Waals surface area (Å²) < 4.78 is 0. The van der Waals surface area contributed by atoms with Crippen molar-refractivity contribution < 1.29 is 9.90 Å². The number of carboxylic acid groups (broad SMARTS) is 1. The number of hydrogen-bond acceptors (Lipinski definition) is 2. The zero-order valence-corrected chi connectivity index (χ0v) is 7.42. The lowest BCUT2D eigenvalue weighted by Gasteiger charge is -2.23. The van der Waals surface area contributed by atoms with Crippen LogP contribution in [0.25, 0.3) is 0 Å². The molecule has 3 heteroatoms. The lowest BCUT2D eigenvalue weighted by molar-refractivity contribution is -0.133. The molecular weight excluding hydrogens is 178 g/mol. The summed E-state index contributed by atoms with van der Waals surface area (Å²) in [6, 6.07) is 0. The maximum Gasteiger partial charge on any atom is 0.352 e. The summed E-state index contributed by atoms with van der Waals surface area (Å²) >= 11 is 0. The molecule has 0 atom stereocenters. The van der Waals surface area contributed by atoms with E-state index in [0.29, 0.717) is 0 Å². The van der Waals surface area contributed by atoms with Gasteiger partial charge in [0.05, 0.1) is 0 Å². The Kier molecular flexibility index (Phi) is 2.07. The molecule has 0 radical (unpaired) electrons. The first-order valence-corrected chi connectivity index (χ1v) is 4.25. The van der Waals surface area contributed by atoms with Crippen LogP contribution in [0.4, 0.5) is 0 Å². The lowest BCUT2D eigenvalue weighted by atomic mass is 10.2. The standard InChI is InChI=1S/C11H9NO2/c13-11(14)10-7-4-6-9-5-2-1-3-8-12(9)10/h1-8H,(H,13,14). The van der Waals surface area contributed by atoms with Crippen LogP contribution in [-0.4, -0.2) is 16.0 Å². The van der Waals surface area contributed by atoms with Crippen molar-refractivity contribution in [3.63, 3.8) is 0 Å². The van der Waals surface area contributed by atoms with Gasteiger partial charge in [0.25, 0.3) is 0 Å². The molecule has 0 bridgehead atoms. The highest BCUT2D eigenvalue weighted by atomic mass is 16.4. The molecular formula is C11H9NO2. The molecule has 2 rings (SSSR count). The minimum atomic E-state index is -0.924. The van der Waals surface area contributed by atoms with Crippen LogP contribution in [0.2, 0.25) is 0 Å². The highest BCUT2D eigenvalue weighted by Gasteiger charge is 2.18. The maximum atomic E-state index is 10.9. The fraction of sp³-hybridized carbons (Fsp3) is 0. The highest BCUT2D eigenvalue weighted by molar-refractivity contribution is 5.87. The van der Waals surface area contributed by atoms with Gasteiger partial charge in [-0.1, -0.05) is 18.2 Å². The maximum absolute atomic E-state index is 10.9. The van der Waals surface area contributed by atoms with Gasteiger partial charge in [-0.2, -0.15) is 0 Å². The first-order valence-electron chi connectivity index (χ1n) is 4.25. The van der Waals surface area contributed by atoms with E-state index in [1.54, 1.807) is 29.3 Å². The third-order valence-corrected chi connectivity index (χ3v) is 2.00. The molecule has 0 saturated carbocycles. The van der Waals surface area contributed by atoms with Gasteiger partial charge in [-0.25, -0.2) is 4.79 Å². The van der Waals surface area contributed by atoms with Crippen molar-refractivity contribution in [3.8, 4) is 0 Å². The Balaban J connectivity index is 2.44. The van der Waals surface area contributed by atoms with Crippen molar-refractivity contribution >= 4 is 5.97 Å². The summed E-state index contributed by atoms with van der Waals surface area (Å²) in [6.45, 7) is 0. The number of rotatable bonds is 1. The van der Waals surface area contributed by atoms with Crippen LogP contribution in [0.5, 0.6) is 0 Å². The van der Waals surface area contributed by atoms with Crippen molar-refractivity contribution in [3.05, 3.63) is 60.1 Å². The van der Waals surface area contributed by atoms with E-state index in [4.69, 9.17) is 5.11 Å². The van der Waals surface area contributed by atoms with E-state index in [1.165, 1.54) is 0 Å². The molecule has 0 spiro atoms. The SMILES string of the molecule is O=C(O)C1=CC=CC2=CC=CC=CN21. The first kappa shape index (κ1) is 8.56. The van der Waals surface area contributed by atoms with Crippen molar-refractivity contribution in [2.45, 2.75) is 0 Å². The summed E-state index contributed by atoms with van der Waals surface area (Å²) in [6.07, 6.45) is 14.3. The zero-order valence-electron chi connectivity index (χ0n) is 7.42. The number of hydrogen-bond donors (Lipinski definition) is 1. The molecule has 1 N–H and O–H groups in total. The highest BCUT2D eigenvalue weighted by Crippen LogP contribution is 2.21. The van der Waals surface area contributed by atoms with Gasteiger partial charge < -0.3 is 10.0 Å². The van der Waals surface area contributed by atoms with Gasteiger partial charge in [0.1, 0.15) is 5.70 Å². The van der Waals surface area contributed by atoms with Gasteiger partial charge >= 0.3 is 5.97 Å². The number of nitrogens with zero attached hydrogens (tertiary/aromatic N) is 1. The Bertz CT molecular complexity index is 411. The van der Waals surface area contributed by atoms with Crippen LogP contribution in [0, 0.1) is 0 Å². The second-order valence-corrected chi connectivity index (χ2v) is 2.90. The normalized spacial score (nSPS) is 18.4. The van der Waals surface area contributed by atoms with Crippen LogP contribution in [0.1, 0.15) is 0 Å². The average Bonchev–Trinajstić information content (AvgIpc) is 2.41. The van der Waals surface area contributed by atoms with E-state index in [2.05, 4.69) is 0 Å². The molecule has 0 aromatic rings. The Morgan fingerprint density at radius 2 is 2.00 bits per heavy atom. The number of carbonyl (C=O) groups is 1. The minimum absolute atomic E-state index is 0.263. The van der Waals surface area contributed by atoms with Gasteiger partial charge in [-0.15, -0.1) is 0 Å².